The average Bonchev–Trinajstić information content (AvgIpc) is 0.782. The van der Waals surface area contributed by atoms with E-state index in [0.717, 1.165) is 18.2 Å². The number of aliphatic hydroxyl groups excluding tert-OH is 12. The largest absolute Gasteiger partial charge is 0.571 e. The third-order valence-corrected chi connectivity index (χ3v) is 15.2. The van der Waals surface area contributed by atoms with Crippen LogP contribution in [0.2, 0.25) is 0 Å². The fourth-order valence-electron chi connectivity index (χ4n) is 10.2. The third kappa shape index (κ3) is 14.7. The summed E-state index contributed by atoms with van der Waals surface area (Å²) >= 11 is 0. The minimum atomic E-state index is -2.01. The number of fused-ring (bicyclic) bond motifs is 1. The number of phenolic OH excluding ortho intramolecular Hbond substituents is 4. The average molecular weight is 1270 g/mol. The zero-order valence-corrected chi connectivity index (χ0v) is 47.8. The Morgan fingerprint density at radius 2 is 1.09 bits per heavy atom. The summed E-state index contributed by atoms with van der Waals surface area (Å²) in [4.78, 5) is 25.5. The molecule has 0 aliphatic carbocycles. The Morgan fingerprint density at radius 1 is 0.544 bits per heavy atom. The number of hydrogen-bond donors (Lipinski definition) is 16. The van der Waals surface area contributed by atoms with Gasteiger partial charge in [0.15, 0.2) is 41.2 Å². The summed E-state index contributed by atoms with van der Waals surface area (Å²) < 4.78 is 72.7. The number of phenols is 4. The van der Waals surface area contributed by atoms with E-state index < -0.39 is 172 Å². The molecule has 4 aromatic rings. The van der Waals surface area contributed by atoms with Crippen molar-refractivity contribution in [1.29, 1.82) is 0 Å². The molecule has 17 N–H and O–H groups in total. The van der Waals surface area contributed by atoms with Crippen molar-refractivity contribution in [3.05, 3.63) is 107 Å². The SMILES string of the molecule is COc1cc(C2[OH+]c3cc(O)cc(O[C@@H]4O[C@H](CO)[C@@H](O)[C@H](O)[C@@H]4O)c3C=C2O[C@@H]2O[C@H](CO[C@@H]3O[C@@H](C)[C@H](OC(=O)/C=C/c4ccc(O[C@@H]5O[C@H](COC(=O)/C=C/c6ccc(O)c(O)c6)[C@@H](O)[C@H](O)[C@H]5O)cc4)[C@@H](O)[C@@H]3O)[C@@H](O)[C@@H](O)[C@H]2O)cc(OC)c1O. The minimum absolute atomic E-state index is 0.0114. The Kier molecular flexibility index (Phi) is 21.3. The first-order valence-corrected chi connectivity index (χ1v) is 27.8. The number of aliphatic hydroxyl groups is 13. The quantitative estimate of drug-likeness (QED) is 0.0187. The summed E-state index contributed by atoms with van der Waals surface area (Å²) in [6.45, 7) is -0.674. The summed E-state index contributed by atoms with van der Waals surface area (Å²) in [5, 5.41) is 170. The van der Waals surface area contributed by atoms with Crippen molar-refractivity contribution in [1.82, 2.24) is 0 Å². The van der Waals surface area contributed by atoms with Crippen molar-refractivity contribution >= 4 is 30.2 Å². The zero-order chi connectivity index (χ0) is 65.0. The molecule has 31 heteroatoms. The molecule has 0 spiro atoms. The van der Waals surface area contributed by atoms with Gasteiger partial charge in [-0.1, -0.05) is 18.2 Å². The zero-order valence-electron chi connectivity index (χ0n) is 47.8. The highest BCUT2D eigenvalue weighted by Gasteiger charge is 2.51. The fourth-order valence-corrected chi connectivity index (χ4v) is 10.2. The van der Waals surface area contributed by atoms with Gasteiger partial charge in [0.05, 0.1) is 45.2 Å². The Hall–Kier alpha value is -7.64. The number of rotatable bonds is 20. The molecule has 1 unspecified atom stereocenters. The Morgan fingerprint density at radius 3 is 1.70 bits per heavy atom. The van der Waals surface area contributed by atoms with Crippen molar-refractivity contribution in [2.75, 3.05) is 34.0 Å². The van der Waals surface area contributed by atoms with Gasteiger partial charge in [0.1, 0.15) is 115 Å². The van der Waals surface area contributed by atoms with E-state index in [1.807, 2.05) is 0 Å². The van der Waals surface area contributed by atoms with E-state index in [1.165, 1.54) is 100 Å². The van der Waals surface area contributed by atoms with Gasteiger partial charge in [0, 0.05) is 24.3 Å². The van der Waals surface area contributed by atoms with Gasteiger partial charge in [-0.3, -0.25) is 0 Å². The molecule has 0 saturated carbocycles. The van der Waals surface area contributed by atoms with Crippen molar-refractivity contribution in [2.24, 2.45) is 0 Å². The van der Waals surface area contributed by atoms with Gasteiger partial charge in [-0.05, 0) is 66.6 Å². The molecular formula is C59H69O31+. The van der Waals surface area contributed by atoms with E-state index in [1.54, 1.807) is 0 Å². The summed E-state index contributed by atoms with van der Waals surface area (Å²) in [5.74, 6) is -3.97. The van der Waals surface area contributed by atoms with Gasteiger partial charge >= 0.3 is 11.9 Å². The van der Waals surface area contributed by atoms with Crippen LogP contribution in [0.15, 0.2) is 84.6 Å². The van der Waals surface area contributed by atoms with Gasteiger partial charge in [0.2, 0.25) is 24.6 Å². The smallest absolute Gasteiger partial charge is 0.331 e. The monoisotopic (exact) mass is 1270 g/mol. The van der Waals surface area contributed by atoms with E-state index in [-0.39, 0.29) is 57.1 Å². The van der Waals surface area contributed by atoms with Crippen molar-refractivity contribution < 1.29 is 153 Å². The number of methoxy groups -OCH3 is 2. The second kappa shape index (κ2) is 28.7. The lowest BCUT2D eigenvalue weighted by Crippen LogP contribution is -2.61. The molecule has 0 amide bonds. The highest BCUT2D eigenvalue weighted by molar-refractivity contribution is 5.88. The molecular weight excluding hydrogens is 1200 g/mol. The Labute approximate surface area is 510 Å². The van der Waals surface area contributed by atoms with Crippen LogP contribution in [0, 0.1) is 0 Å². The number of carbonyl (C=O) groups is 2. The molecule has 21 atom stereocenters. The third-order valence-electron chi connectivity index (χ3n) is 15.2. The molecule has 4 aromatic carbocycles. The topological polar surface area (TPSA) is 481 Å². The maximum Gasteiger partial charge on any atom is 0.331 e. The number of ether oxygens (including phenoxy) is 13. The van der Waals surface area contributed by atoms with E-state index in [0.29, 0.717) is 11.1 Å². The molecule has 0 radical (unpaired) electrons. The lowest BCUT2D eigenvalue weighted by atomic mass is 9.97. The highest BCUT2D eigenvalue weighted by Crippen LogP contribution is 2.49. The highest BCUT2D eigenvalue weighted by atomic mass is 16.7. The molecule has 5 heterocycles. The molecule has 490 valence electrons. The van der Waals surface area contributed by atoms with E-state index in [2.05, 4.69) is 0 Å². The molecule has 0 aromatic heterocycles. The number of esters is 2. The molecule has 0 bridgehead atoms. The second-order valence-corrected chi connectivity index (χ2v) is 21.3. The van der Waals surface area contributed by atoms with Crippen LogP contribution in [-0.4, -0.2) is 255 Å². The van der Waals surface area contributed by atoms with Gasteiger partial charge < -0.3 is 143 Å². The van der Waals surface area contributed by atoms with E-state index in [4.69, 9.17) is 61.6 Å². The Balaban J connectivity index is 0.815. The van der Waals surface area contributed by atoms with Crippen molar-refractivity contribution in [2.45, 2.75) is 136 Å². The van der Waals surface area contributed by atoms with Crippen LogP contribution >= 0.6 is 0 Å². The lowest BCUT2D eigenvalue weighted by molar-refractivity contribution is -0.325. The molecule has 4 fully saturated rings. The molecule has 5 aliphatic heterocycles. The summed E-state index contributed by atoms with van der Waals surface area (Å²) in [7, 11) is 2.53. The summed E-state index contributed by atoms with van der Waals surface area (Å²) in [5.41, 5.74) is 0.991. The lowest BCUT2D eigenvalue weighted by Gasteiger charge is -2.43. The first-order chi connectivity index (χ1) is 42.9. The number of hydrogen-bond acceptors (Lipinski definition) is 30. The second-order valence-electron chi connectivity index (χ2n) is 21.3. The standard InChI is InChI=1S/C59H68O31/c1-23-54(90-41(65)13-7-24-4-9-28(10-5-24)83-57-50(74)47(71)44(68)38(88-57)21-80-40(64)12-8-25-6-11-30(62)31(63)14-25)49(73)53(77)56(82-23)81-22-39-45(69)48(72)52(76)59(89-39)86-36-19-29-32(84-55(36)26-15-34(78-2)42(66)35(16-26)79-3)17-27(61)18-33(29)85-58-51(75)46(70)43(67)37(20-60)87-58/h4-19,23,37-39,43-63,66-77H,20-22H2,1-3H3/p+1/b12-8+,13-7+/t23-,37+,38+,39+,43+,44+,45+,46-,47-,48+,49-,50+,51-,52+,53-,54-,55?,56+,57+,58+,59+/m0/s1. The van der Waals surface area contributed by atoms with Crippen molar-refractivity contribution in [3.63, 3.8) is 0 Å². The normalized spacial score (nSPS) is 33.5. The predicted molar refractivity (Wildman–Crippen MR) is 299 cm³/mol. The van der Waals surface area contributed by atoms with Crippen LogP contribution in [0.5, 0.6) is 51.7 Å². The fraction of sp³-hybridized carbons (Fsp3) is 0.458. The Bertz CT molecular complexity index is 3200. The summed E-state index contributed by atoms with van der Waals surface area (Å²) in [6.07, 6.45) is -29.5. The van der Waals surface area contributed by atoms with E-state index >= 15 is 0 Å². The van der Waals surface area contributed by atoms with Crippen LogP contribution in [0.4, 0.5) is 0 Å². The first kappa shape index (κ1) is 66.8. The van der Waals surface area contributed by atoms with E-state index in [9.17, 15) is 91.3 Å². The van der Waals surface area contributed by atoms with Crippen LogP contribution < -0.4 is 18.9 Å². The minimum Gasteiger partial charge on any atom is -0.571 e. The van der Waals surface area contributed by atoms with Gasteiger partial charge in [0.25, 0.3) is 11.9 Å². The van der Waals surface area contributed by atoms with Gasteiger partial charge in [-0.25, -0.2) is 9.59 Å². The molecule has 9 rings (SSSR count). The van der Waals surface area contributed by atoms with Gasteiger partial charge in [-0.15, -0.1) is 0 Å². The van der Waals surface area contributed by atoms with Crippen LogP contribution in [-0.2, 0) is 47.5 Å². The molecule has 5 aliphatic rings. The molecule has 31 nitrogen and oxygen atoms in total. The first-order valence-electron chi connectivity index (χ1n) is 27.8. The molecule has 4 saturated heterocycles. The summed E-state index contributed by atoms with van der Waals surface area (Å²) in [6, 6.07) is 14.7. The van der Waals surface area contributed by atoms with Gasteiger partial charge in [-0.2, -0.15) is 0 Å². The molecule has 90 heavy (non-hydrogen) atoms. The maximum absolute atomic E-state index is 13.1. The number of carbonyl (C=O) groups excluding carboxylic acids is 2. The van der Waals surface area contributed by atoms with Crippen LogP contribution in [0.1, 0.15) is 35.3 Å². The van der Waals surface area contributed by atoms with Crippen molar-refractivity contribution in [3.8, 4) is 51.7 Å². The predicted octanol–water partition coefficient (Wildman–Crippen LogP) is -2.58. The number of aromatic hydroxyl groups is 5. The van der Waals surface area contributed by atoms with Crippen LogP contribution in [0.3, 0.4) is 0 Å². The van der Waals surface area contributed by atoms with Crippen LogP contribution in [0.25, 0.3) is 18.2 Å². The maximum atomic E-state index is 13.1. The number of benzene rings is 4.